The molecule has 1 N–H and O–H groups in total. The van der Waals surface area contributed by atoms with Crippen molar-refractivity contribution in [3.05, 3.63) is 12.2 Å². The van der Waals surface area contributed by atoms with Gasteiger partial charge in [0.15, 0.2) is 5.78 Å². The van der Waals surface area contributed by atoms with E-state index in [1.807, 2.05) is 0 Å². The zero-order valence-electron chi connectivity index (χ0n) is 10.5. The Kier molecular flexibility index (Phi) is 7.67. The maximum absolute atomic E-state index is 11.3. The van der Waals surface area contributed by atoms with Crippen LogP contribution in [0.2, 0.25) is 0 Å². The molecule has 0 radical (unpaired) electrons. The molecule has 0 aromatic heterocycles. The second-order valence-electron chi connectivity index (χ2n) is 3.87. The first-order valence-electron chi connectivity index (χ1n) is 5.57. The first-order chi connectivity index (χ1) is 7.91. The van der Waals surface area contributed by atoms with Gasteiger partial charge in [0.05, 0.1) is 6.10 Å². The molecule has 0 fully saturated rings. The summed E-state index contributed by atoms with van der Waals surface area (Å²) >= 11 is 0. The number of hydrogen-bond donors (Lipinski definition) is 1. The molecule has 17 heavy (non-hydrogen) atoms. The normalized spacial score (nSPS) is 10.6. The average Bonchev–Trinajstić information content (AvgIpc) is 2.20. The number of ether oxygens (including phenoxy) is 1. The first-order valence-corrected chi connectivity index (χ1v) is 5.57. The highest BCUT2D eigenvalue weighted by molar-refractivity contribution is 5.95. The van der Waals surface area contributed by atoms with Gasteiger partial charge < -0.3 is 10.1 Å². The lowest BCUT2D eigenvalue weighted by Crippen LogP contribution is -2.21. The lowest BCUT2D eigenvalue weighted by Gasteiger charge is -2.03. The Bertz CT molecular complexity index is 308. The molecule has 0 rings (SSSR count). The van der Waals surface area contributed by atoms with Crippen molar-refractivity contribution in [2.75, 3.05) is 6.54 Å². The molecule has 0 saturated heterocycles. The van der Waals surface area contributed by atoms with Crippen LogP contribution in [0.4, 0.5) is 0 Å². The van der Waals surface area contributed by atoms with Crippen molar-refractivity contribution in [3.8, 4) is 0 Å². The Morgan fingerprint density at radius 2 is 1.88 bits per heavy atom. The predicted octanol–water partition coefficient (Wildman–Crippen LogP) is 0.980. The highest BCUT2D eigenvalue weighted by atomic mass is 16.5. The minimum Gasteiger partial charge on any atom is -0.460 e. The van der Waals surface area contributed by atoms with Crippen molar-refractivity contribution in [1.82, 2.24) is 5.32 Å². The minimum atomic E-state index is -0.518. The predicted molar refractivity (Wildman–Crippen MR) is 63.3 cm³/mol. The fraction of sp³-hybridized carbons (Fsp3) is 0.583. The number of rotatable bonds is 7. The van der Waals surface area contributed by atoms with Crippen LogP contribution in [0.25, 0.3) is 0 Å². The van der Waals surface area contributed by atoms with E-state index >= 15 is 0 Å². The Morgan fingerprint density at radius 3 is 2.41 bits per heavy atom. The van der Waals surface area contributed by atoms with E-state index in [0.29, 0.717) is 19.4 Å². The summed E-state index contributed by atoms with van der Waals surface area (Å²) in [6.07, 6.45) is 2.99. The third-order valence-electron chi connectivity index (χ3n) is 1.73. The quantitative estimate of drug-likeness (QED) is 0.409. The zero-order chi connectivity index (χ0) is 13.3. The van der Waals surface area contributed by atoms with Gasteiger partial charge in [-0.05, 0) is 26.3 Å². The summed E-state index contributed by atoms with van der Waals surface area (Å²) in [6.45, 7) is 5.36. The number of esters is 1. The van der Waals surface area contributed by atoms with Crippen LogP contribution in [0.15, 0.2) is 12.2 Å². The molecule has 0 heterocycles. The molecular weight excluding hydrogens is 222 g/mol. The van der Waals surface area contributed by atoms with E-state index in [0.717, 1.165) is 6.08 Å². The second-order valence-corrected chi connectivity index (χ2v) is 3.87. The summed E-state index contributed by atoms with van der Waals surface area (Å²) in [5.41, 5.74) is 0. The maximum atomic E-state index is 11.3. The van der Waals surface area contributed by atoms with Crippen molar-refractivity contribution in [2.45, 2.75) is 39.7 Å². The number of allylic oxidation sites excluding steroid dienone is 1. The Hall–Kier alpha value is -1.65. The van der Waals surface area contributed by atoms with Crippen LogP contribution in [-0.4, -0.2) is 30.3 Å². The molecule has 0 aromatic carbocycles. The summed E-state index contributed by atoms with van der Waals surface area (Å²) in [4.78, 5) is 32.9. The van der Waals surface area contributed by atoms with Gasteiger partial charge in [-0.2, -0.15) is 0 Å². The van der Waals surface area contributed by atoms with Crippen LogP contribution < -0.4 is 5.32 Å². The zero-order valence-corrected chi connectivity index (χ0v) is 10.5. The lowest BCUT2D eigenvalue weighted by molar-refractivity contribution is -0.141. The van der Waals surface area contributed by atoms with Crippen LogP contribution in [0.5, 0.6) is 0 Å². The van der Waals surface area contributed by atoms with Crippen LogP contribution in [-0.2, 0) is 19.1 Å². The summed E-state index contributed by atoms with van der Waals surface area (Å²) in [5.74, 6) is -0.792. The molecule has 5 nitrogen and oxygen atoms in total. The topological polar surface area (TPSA) is 72.5 Å². The summed E-state index contributed by atoms with van der Waals surface area (Å²) in [6, 6.07) is 0. The van der Waals surface area contributed by atoms with Gasteiger partial charge in [0.25, 0.3) is 0 Å². The van der Waals surface area contributed by atoms with Gasteiger partial charge in [0.2, 0.25) is 5.91 Å². The van der Waals surface area contributed by atoms with Gasteiger partial charge in [-0.1, -0.05) is 0 Å². The third kappa shape index (κ3) is 10.6. The minimum absolute atomic E-state index is 0.117. The van der Waals surface area contributed by atoms with Crippen LogP contribution in [0.1, 0.15) is 33.6 Å². The van der Waals surface area contributed by atoms with Crippen molar-refractivity contribution < 1.29 is 19.1 Å². The van der Waals surface area contributed by atoms with Crippen molar-refractivity contribution in [2.24, 2.45) is 0 Å². The molecule has 0 saturated carbocycles. The second kappa shape index (κ2) is 8.50. The number of nitrogens with one attached hydrogen (secondary N) is 1. The number of carbonyl (C=O) groups is 3. The SMILES string of the molecule is CC(=O)NCCCC(=O)/C=C/C(=O)OC(C)C. The van der Waals surface area contributed by atoms with Crippen LogP contribution >= 0.6 is 0 Å². The van der Waals surface area contributed by atoms with Gasteiger partial charge in [-0.3, -0.25) is 9.59 Å². The molecule has 96 valence electrons. The number of hydrogen-bond acceptors (Lipinski definition) is 4. The van der Waals surface area contributed by atoms with Gasteiger partial charge in [0, 0.05) is 26.0 Å². The average molecular weight is 241 g/mol. The molecule has 0 atom stereocenters. The smallest absolute Gasteiger partial charge is 0.331 e. The van der Waals surface area contributed by atoms with E-state index in [4.69, 9.17) is 4.74 Å². The van der Waals surface area contributed by atoms with Gasteiger partial charge in [0.1, 0.15) is 0 Å². The van der Waals surface area contributed by atoms with Gasteiger partial charge in [-0.25, -0.2) is 4.79 Å². The van der Waals surface area contributed by atoms with E-state index < -0.39 is 5.97 Å². The summed E-state index contributed by atoms with van der Waals surface area (Å²) in [7, 11) is 0. The summed E-state index contributed by atoms with van der Waals surface area (Å²) < 4.78 is 4.82. The molecule has 0 bridgehead atoms. The molecular formula is C12H19NO4. The Morgan fingerprint density at radius 1 is 1.24 bits per heavy atom. The fourth-order valence-corrected chi connectivity index (χ4v) is 1.04. The maximum Gasteiger partial charge on any atom is 0.331 e. The van der Waals surface area contributed by atoms with E-state index in [2.05, 4.69) is 5.32 Å². The third-order valence-corrected chi connectivity index (χ3v) is 1.73. The molecule has 0 spiro atoms. The highest BCUT2D eigenvalue weighted by Gasteiger charge is 2.02. The van der Waals surface area contributed by atoms with E-state index in [9.17, 15) is 14.4 Å². The lowest BCUT2D eigenvalue weighted by atomic mass is 10.2. The Balaban J connectivity index is 3.74. The molecule has 0 aromatic rings. The monoisotopic (exact) mass is 241 g/mol. The van der Waals surface area contributed by atoms with Crippen molar-refractivity contribution in [1.29, 1.82) is 0 Å². The largest absolute Gasteiger partial charge is 0.460 e. The number of carbonyl (C=O) groups excluding carboxylic acids is 3. The van der Waals surface area contributed by atoms with Gasteiger partial charge in [-0.15, -0.1) is 0 Å². The fourth-order valence-electron chi connectivity index (χ4n) is 1.04. The van der Waals surface area contributed by atoms with Crippen molar-refractivity contribution in [3.63, 3.8) is 0 Å². The van der Waals surface area contributed by atoms with E-state index in [1.54, 1.807) is 13.8 Å². The first kappa shape index (κ1) is 15.3. The van der Waals surface area contributed by atoms with Crippen LogP contribution in [0, 0.1) is 0 Å². The molecule has 0 aliphatic rings. The van der Waals surface area contributed by atoms with E-state index in [-0.39, 0.29) is 17.8 Å². The van der Waals surface area contributed by atoms with Crippen molar-refractivity contribution >= 4 is 17.7 Å². The van der Waals surface area contributed by atoms with Crippen LogP contribution in [0.3, 0.4) is 0 Å². The molecule has 0 aliphatic heterocycles. The Labute approximate surface area is 101 Å². The standard InChI is InChI=1S/C12H19NO4/c1-9(2)17-12(16)7-6-11(15)5-4-8-13-10(3)14/h6-7,9H,4-5,8H2,1-3H3,(H,13,14)/b7-6+. The highest BCUT2D eigenvalue weighted by Crippen LogP contribution is 1.94. The molecule has 0 unspecified atom stereocenters. The molecule has 5 heteroatoms. The van der Waals surface area contributed by atoms with Gasteiger partial charge >= 0.3 is 5.97 Å². The summed E-state index contributed by atoms with van der Waals surface area (Å²) in [5, 5.41) is 2.58. The molecule has 1 amide bonds. The van der Waals surface area contributed by atoms with E-state index in [1.165, 1.54) is 13.0 Å². The number of ketones is 1. The molecule has 0 aliphatic carbocycles. The number of amides is 1.